The van der Waals surface area contributed by atoms with E-state index in [1.807, 2.05) is 0 Å². The molecule has 0 saturated heterocycles. The van der Waals surface area contributed by atoms with Crippen LogP contribution in [0.3, 0.4) is 0 Å². The van der Waals surface area contributed by atoms with Crippen LogP contribution in [0.4, 0.5) is 0 Å². The Morgan fingerprint density at radius 2 is 1.57 bits per heavy atom. The van der Waals surface area contributed by atoms with E-state index in [9.17, 15) is 0 Å². The van der Waals surface area contributed by atoms with E-state index >= 15 is 0 Å². The fraction of sp³-hybridized carbons (Fsp3) is 0.500. The molecule has 0 aliphatic carbocycles. The Morgan fingerprint density at radius 3 is 1.86 bits per heavy atom. The molecule has 0 aromatic carbocycles. The second-order valence-corrected chi connectivity index (χ2v) is 4.09. The van der Waals surface area contributed by atoms with Crippen molar-refractivity contribution in [2.75, 3.05) is 27.4 Å². The van der Waals surface area contributed by atoms with Crippen molar-refractivity contribution in [3.8, 4) is 24.7 Å². The van der Waals surface area contributed by atoms with Gasteiger partial charge in [0.1, 0.15) is 13.2 Å². The van der Waals surface area contributed by atoms with E-state index in [0.717, 1.165) is 0 Å². The highest BCUT2D eigenvalue weighted by molar-refractivity contribution is 6.53. The highest BCUT2D eigenvalue weighted by atomic mass is 28.4. The smallest absolute Gasteiger partial charge is 0.353 e. The minimum Gasteiger partial charge on any atom is -0.353 e. The monoisotopic (exact) mass is 216 g/mol. The zero-order valence-electron chi connectivity index (χ0n) is 8.11. The molecule has 78 valence electrons. The van der Waals surface area contributed by atoms with Crippen molar-refractivity contribution >= 4 is 9.05 Å². The van der Waals surface area contributed by atoms with Crippen LogP contribution in [0.15, 0.2) is 0 Å². The van der Waals surface area contributed by atoms with Crippen LogP contribution in [0, 0.1) is 24.7 Å². The van der Waals surface area contributed by atoms with Crippen LogP contribution < -0.4 is 0 Å². The highest BCUT2D eigenvalue weighted by Crippen LogP contribution is 2.10. The molecule has 6 heteroatoms. The molecule has 0 saturated carbocycles. The first kappa shape index (κ1) is 13.1. The number of rotatable bonds is 7. The minimum atomic E-state index is -3.32. The van der Waals surface area contributed by atoms with E-state index in [1.54, 1.807) is 0 Å². The summed E-state index contributed by atoms with van der Waals surface area (Å²) >= 11 is 0. The van der Waals surface area contributed by atoms with E-state index in [0.29, 0.717) is 0 Å². The molecule has 14 heavy (non-hydrogen) atoms. The predicted molar refractivity (Wildman–Crippen MR) is 50.4 cm³/mol. The standard InChI is InChI=1S/C8H12O5Si/c1-5-7-11-14(10-4,13-9-3)12-8-6-2/h1-2H,7-8H2,3-4H3. The summed E-state index contributed by atoms with van der Waals surface area (Å²) in [6.45, 7) is -0.0119. The van der Waals surface area contributed by atoms with Crippen molar-refractivity contribution < 1.29 is 22.7 Å². The lowest BCUT2D eigenvalue weighted by atomic mass is 10.8. The molecule has 5 nitrogen and oxygen atoms in total. The van der Waals surface area contributed by atoms with Gasteiger partial charge >= 0.3 is 9.05 Å². The first-order valence-electron chi connectivity index (χ1n) is 3.66. The largest absolute Gasteiger partial charge is 0.709 e. The summed E-state index contributed by atoms with van der Waals surface area (Å²) < 4.78 is 19.9. The lowest BCUT2D eigenvalue weighted by Crippen LogP contribution is -2.48. The average Bonchev–Trinajstić information content (AvgIpc) is 2.22. The van der Waals surface area contributed by atoms with E-state index in [2.05, 4.69) is 16.7 Å². The summed E-state index contributed by atoms with van der Waals surface area (Å²) in [5.74, 6) is 4.51. The molecule has 0 fully saturated rings. The van der Waals surface area contributed by atoms with Crippen molar-refractivity contribution in [3.05, 3.63) is 0 Å². The fourth-order valence-electron chi connectivity index (χ4n) is 0.604. The van der Waals surface area contributed by atoms with Crippen LogP contribution >= 0.6 is 0 Å². The SMILES string of the molecule is C#CCO[Si](OC)(OCC#C)OOC. The van der Waals surface area contributed by atoms with Gasteiger partial charge in [0.05, 0.1) is 7.11 Å². The molecule has 0 radical (unpaired) electrons. The van der Waals surface area contributed by atoms with Crippen LogP contribution in [-0.2, 0) is 22.7 Å². The molecule has 0 unspecified atom stereocenters. The third-order valence-electron chi connectivity index (χ3n) is 1.10. The Labute approximate surface area is 84.7 Å². The zero-order valence-corrected chi connectivity index (χ0v) is 9.11. The van der Waals surface area contributed by atoms with Gasteiger partial charge in [0.25, 0.3) is 0 Å². The molecule has 0 amide bonds. The molecule has 0 heterocycles. The van der Waals surface area contributed by atoms with Crippen molar-refractivity contribution in [2.45, 2.75) is 0 Å². The molecule has 0 N–H and O–H groups in total. The van der Waals surface area contributed by atoms with Gasteiger partial charge in [-0.3, -0.25) is 0 Å². The lowest BCUT2D eigenvalue weighted by molar-refractivity contribution is -0.250. The molecule has 0 spiro atoms. The van der Waals surface area contributed by atoms with Crippen LogP contribution in [0.1, 0.15) is 0 Å². The summed E-state index contributed by atoms with van der Waals surface area (Å²) in [6, 6.07) is 0. The first-order valence-corrected chi connectivity index (χ1v) is 5.29. The van der Waals surface area contributed by atoms with Crippen LogP contribution in [0.25, 0.3) is 0 Å². The van der Waals surface area contributed by atoms with Crippen LogP contribution in [-0.4, -0.2) is 36.5 Å². The topological polar surface area (TPSA) is 46.2 Å². The molecule has 0 aliphatic heterocycles. The third-order valence-corrected chi connectivity index (χ3v) is 2.97. The molecule has 0 rings (SSSR count). The van der Waals surface area contributed by atoms with Crippen molar-refractivity contribution in [3.63, 3.8) is 0 Å². The van der Waals surface area contributed by atoms with Gasteiger partial charge < -0.3 is 13.3 Å². The maximum Gasteiger partial charge on any atom is 0.709 e. The molecular formula is C8H12O5Si. The van der Waals surface area contributed by atoms with Gasteiger partial charge in [-0.15, -0.1) is 12.8 Å². The molecule has 0 bridgehead atoms. The van der Waals surface area contributed by atoms with Gasteiger partial charge in [0.2, 0.25) is 0 Å². The van der Waals surface area contributed by atoms with E-state index < -0.39 is 9.05 Å². The maximum absolute atomic E-state index is 5.09. The summed E-state index contributed by atoms with van der Waals surface area (Å²) in [5.41, 5.74) is 0. The number of terminal acetylenes is 2. The maximum atomic E-state index is 5.09. The number of hydrogen-bond acceptors (Lipinski definition) is 5. The molecule has 0 atom stereocenters. The van der Waals surface area contributed by atoms with Gasteiger partial charge in [0.15, 0.2) is 0 Å². The predicted octanol–water partition coefficient (Wildman–Crippen LogP) is -0.0540. The van der Waals surface area contributed by atoms with E-state index in [4.69, 9.17) is 30.7 Å². The highest BCUT2D eigenvalue weighted by Gasteiger charge is 2.46. The van der Waals surface area contributed by atoms with Crippen LogP contribution in [0.5, 0.6) is 0 Å². The van der Waals surface area contributed by atoms with Gasteiger partial charge in [-0.2, -0.15) is 4.58 Å². The summed E-state index contributed by atoms with van der Waals surface area (Å²) in [4.78, 5) is 4.44. The Bertz CT molecular complexity index is 211. The van der Waals surface area contributed by atoms with E-state index in [-0.39, 0.29) is 13.2 Å². The zero-order chi connectivity index (χ0) is 10.9. The van der Waals surface area contributed by atoms with Gasteiger partial charge in [-0.05, 0) is 0 Å². The lowest BCUT2D eigenvalue weighted by Gasteiger charge is -2.22. The van der Waals surface area contributed by atoms with Crippen molar-refractivity contribution in [1.29, 1.82) is 0 Å². The van der Waals surface area contributed by atoms with Gasteiger partial charge in [-0.1, -0.05) is 11.8 Å². The second-order valence-electron chi connectivity index (χ2n) is 1.94. The van der Waals surface area contributed by atoms with Crippen molar-refractivity contribution in [2.24, 2.45) is 0 Å². The molecule has 0 aliphatic rings. The van der Waals surface area contributed by atoms with Crippen molar-refractivity contribution in [1.82, 2.24) is 0 Å². The van der Waals surface area contributed by atoms with Gasteiger partial charge in [0, 0.05) is 7.11 Å². The third kappa shape index (κ3) is 4.39. The summed E-state index contributed by atoms with van der Waals surface area (Å²) in [5, 5.41) is 0. The summed E-state index contributed by atoms with van der Waals surface area (Å²) in [7, 11) is -0.654. The minimum absolute atomic E-state index is 0.00596. The quantitative estimate of drug-likeness (QED) is 0.258. The Morgan fingerprint density at radius 1 is 1.07 bits per heavy atom. The molecular weight excluding hydrogens is 204 g/mol. The van der Waals surface area contributed by atoms with E-state index in [1.165, 1.54) is 14.2 Å². The van der Waals surface area contributed by atoms with Crippen LogP contribution in [0.2, 0.25) is 0 Å². The average molecular weight is 216 g/mol. The number of hydrogen-bond donors (Lipinski definition) is 0. The summed E-state index contributed by atoms with van der Waals surface area (Å²) in [6.07, 6.45) is 10.0. The normalized spacial score (nSPS) is 10.6. The van der Waals surface area contributed by atoms with Gasteiger partial charge in [-0.25, -0.2) is 4.89 Å². The molecule has 0 aromatic rings. The Balaban J connectivity index is 4.28. The second kappa shape index (κ2) is 7.53. The first-order chi connectivity index (χ1) is 6.74. The fourth-order valence-corrected chi connectivity index (χ4v) is 1.81. The Kier molecular flexibility index (Phi) is 7.07. The molecule has 0 aromatic heterocycles. The Hall–Kier alpha value is -0.863.